The van der Waals surface area contributed by atoms with Crippen LogP contribution in [0.4, 0.5) is 0 Å². The molecule has 4 nitrogen and oxygen atoms in total. The van der Waals surface area contributed by atoms with Crippen LogP contribution in [0.2, 0.25) is 0 Å². The summed E-state index contributed by atoms with van der Waals surface area (Å²) in [5, 5.41) is 6.14. The van der Waals surface area contributed by atoms with Crippen LogP contribution in [0.15, 0.2) is 41.8 Å². The van der Waals surface area contributed by atoms with E-state index in [1.165, 1.54) is 0 Å². The number of nitrogens with zero attached hydrogens (tertiary/aromatic N) is 2. The Kier molecular flexibility index (Phi) is 6.68. The van der Waals surface area contributed by atoms with Crippen molar-refractivity contribution in [3.8, 4) is 22.0 Å². The molecule has 0 atom stereocenters. The largest absolute Gasteiger partial charge is 0.352 e. The second-order valence-electron chi connectivity index (χ2n) is 7.54. The highest BCUT2D eigenvalue weighted by Gasteiger charge is 2.20. The number of benzene rings is 1. The summed E-state index contributed by atoms with van der Waals surface area (Å²) in [6.45, 7) is 10.0. The highest BCUT2D eigenvalue weighted by atomic mass is 32.1. The molecular weight excluding hydrogens is 366 g/mol. The van der Waals surface area contributed by atoms with Gasteiger partial charge in [-0.25, -0.2) is 4.98 Å². The van der Waals surface area contributed by atoms with E-state index in [9.17, 15) is 4.79 Å². The second-order valence-corrected chi connectivity index (χ2v) is 8.40. The predicted octanol–water partition coefficient (Wildman–Crippen LogP) is 5.77. The number of carbonyl (C=O) groups excluding carboxylic acids is 1. The van der Waals surface area contributed by atoms with Gasteiger partial charge in [0.15, 0.2) is 0 Å². The van der Waals surface area contributed by atoms with Crippen LogP contribution in [0.3, 0.4) is 0 Å². The molecule has 0 fully saturated rings. The maximum Gasteiger partial charge on any atom is 0.253 e. The molecule has 3 aromatic rings. The van der Waals surface area contributed by atoms with Gasteiger partial charge in [-0.1, -0.05) is 57.5 Å². The molecule has 1 amide bonds. The maximum atomic E-state index is 12.7. The fourth-order valence-corrected chi connectivity index (χ4v) is 4.01. The van der Waals surface area contributed by atoms with Crippen molar-refractivity contribution in [2.75, 3.05) is 6.54 Å². The van der Waals surface area contributed by atoms with Crippen LogP contribution in [0, 0.1) is 12.8 Å². The van der Waals surface area contributed by atoms with Gasteiger partial charge in [-0.2, -0.15) is 0 Å². The summed E-state index contributed by atoms with van der Waals surface area (Å²) in [6, 6.07) is 12.2. The van der Waals surface area contributed by atoms with Crippen molar-refractivity contribution in [1.82, 2.24) is 14.9 Å². The van der Waals surface area contributed by atoms with E-state index >= 15 is 0 Å². The van der Waals surface area contributed by atoms with E-state index < -0.39 is 0 Å². The van der Waals surface area contributed by atoms with Crippen molar-refractivity contribution in [1.29, 1.82) is 0 Å². The van der Waals surface area contributed by atoms with Gasteiger partial charge < -0.3 is 9.88 Å². The minimum absolute atomic E-state index is 0.00112. The average molecular weight is 396 g/mol. The van der Waals surface area contributed by atoms with E-state index in [4.69, 9.17) is 4.98 Å². The normalized spacial score (nSPS) is 11.2. The Balaban J connectivity index is 1.96. The van der Waals surface area contributed by atoms with Crippen LogP contribution in [0.5, 0.6) is 0 Å². The molecular formula is C23H29N3OS. The molecule has 0 saturated heterocycles. The molecule has 148 valence electrons. The lowest BCUT2D eigenvalue weighted by atomic mass is 10.2. The minimum Gasteiger partial charge on any atom is -0.352 e. The zero-order valence-electron chi connectivity index (χ0n) is 17.2. The van der Waals surface area contributed by atoms with Crippen LogP contribution in [-0.2, 0) is 6.54 Å². The summed E-state index contributed by atoms with van der Waals surface area (Å²) < 4.78 is 2.25. The van der Waals surface area contributed by atoms with Crippen molar-refractivity contribution in [2.24, 2.45) is 5.92 Å². The average Bonchev–Trinajstić information content (AvgIpc) is 3.30. The van der Waals surface area contributed by atoms with E-state index in [1.807, 2.05) is 31.2 Å². The van der Waals surface area contributed by atoms with E-state index in [0.29, 0.717) is 12.5 Å². The second kappa shape index (κ2) is 9.20. The van der Waals surface area contributed by atoms with Crippen LogP contribution >= 0.6 is 11.3 Å². The van der Waals surface area contributed by atoms with E-state index in [1.54, 1.807) is 11.3 Å². The number of aromatic nitrogens is 2. The molecule has 0 radical (unpaired) electrons. The highest BCUT2D eigenvalue weighted by molar-refractivity contribution is 7.13. The van der Waals surface area contributed by atoms with Crippen molar-refractivity contribution < 1.29 is 4.79 Å². The van der Waals surface area contributed by atoms with Crippen LogP contribution in [0.25, 0.3) is 22.0 Å². The van der Waals surface area contributed by atoms with Gasteiger partial charge >= 0.3 is 0 Å². The molecule has 1 aromatic carbocycles. The standard InChI is InChI=1S/C23H29N3OS/c1-5-6-12-26-17(4)19(22(27)24-14-16(2)3)13-21(26)20-15-28-23(25-20)18-10-8-7-9-11-18/h7-11,13,15-16H,5-6,12,14H2,1-4H3,(H,24,27). The van der Waals surface area contributed by atoms with Gasteiger partial charge in [0.05, 0.1) is 17.0 Å². The number of nitrogens with one attached hydrogen (secondary N) is 1. The van der Waals surface area contributed by atoms with Crippen molar-refractivity contribution in [3.63, 3.8) is 0 Å². The van der Waals surface area contributed by atoms with Gasteiger partial charge in [-0.3, -0.25) is 4.79 Å². The molecule has 0 spiro atoms. The number of rotatable bonds is 8. The lowest BCUT2D eigenvalue weighted by Gasteiger charge is -2.11. The van der Waals surface area contributed by atoms with E-state index in [2.05, 4.69) is 48.2 Å². The van der Waals surface area contributed by atoms with Gasteiger partial charge in [0.1, 0.15) is 5.01 Å². The fourth-order valence-electron chi connectivity index (χ4n) is 3.19. The zero-order valence-corrected chi connectivity index (χ0v) is 18.0. The first kappa shape index (κ1) is 20.3. The Morgan fingerprint density at radius 1 is 1.25 bits per heavy atom. The SMILES string of the molecule is CCCCn1c(-c2csc(-c3ccccc3)n2)cc(C(=O)NCC(C)C)c1C. The third-order valence-corrected chi connectivity index (χ3v) is 5.70. The molecule has 0 bridgehead atoms. The van der Waals surface area contributed by atoms with Crippen LogP contribution in [-0.4, -0.2) is 22.0 Å². The smallest absolute Gasteiger partial charge is 0.253 e. The lowest BCUT2D eigenvalue weighted by molar-refractivity contribution is 0.0948. The van der Waals surface area contributed by atoms with Gasteiger partial charge in [-0.05, 0) is 25.3 Å². The number of carbonyl (C=O) groups is 1. The number of hydrogen-bond acceptors (Lipinski definition) is 3. The third-order valence-electron chi connectivity index (χ3n) is 4.80. The first-order chi connectivity index (χ1) is 13.5. The minimum atomic E-state index is 0.00112. The molecule has 28 heavy (non-hydrogen) atoms. The topological polar surface area (TPSA) is 46.9 Å². The van der Waals surface area contributed by atoms with Crippen molar-refractivity contribution >= 4 is 17.2 Å². The van der Waals surface area contributed by atoms with Gasteiger partial charge in [0, 0.05) is 29.7 Å². The number of thiazole rings is 1. The first-order valence-corrected chi connectivity index (χ1v) is 10.9. The van der Waals surface area contributed by atoms with E-state index in [0.717, 1.165) is 52.6 Å². The summed E-state index contributed by atoms with van der Waals surface area (Å²) in [4.78, 5) is 17.6. The fraction of sp³-hybridized carbons (Fsp3) is 0.391. The number of unbranched alkanes of at least 4 members (excludes halogenated alkanes) is 1. The molecule has 2 aromatic heterocycles. The molecule has 5 heteroatoms. The Labute approximate surface area is 171 Å². The Bertz CT molecular complexity index is 925. The molecule has 0 aliphatic carbocycles. The summed E-state index contributed by atoms with van der Waals surface area (Å²) in [7, 11) is 0. The summed E-state index contributed by atoms with van der Waals surface area (Å²) in [5.74, 6) is 0.430. The lowest BCUT2D eigenvalue weighted by Crippen LogP contribution is -2.27. The Morgan fingerprint density at radius 3 is 2.68 bits per heavy atom. The summed E-state index contributed by atoms with van der Waals surface area (Å²) in [6.07, 6.45) is 2.18. The molecule has 0 saturated carbocycles. The molecule has 0 unspecified atom stereocenters. The zero-order chi connectivity index (χ0) is 20.1. The van der Waals surface area contributed by atoms with Crippen molar-refractivity contribution in [3.05, 3.63) is 53.0 Å². The quantitative estimate of drug-likeness (QED) is 0.526. The Hall–Kier alpha value is -2.40. The monoisotopic (exact) mass is 395 g/mol. The molecule has 2 heterocycles. The Morgan fingerprint density at radius 2 is 2.00 bits per heavy atom. The number of hydrogen-bond donors (Lipinski definition) is 1. The van der Waals surface area contributed by atoms with E-state index in [-0.39, 0.29) is 5.91 Å². The predicted molar refractivity (Wildman–Crippen MR) is 118 cm³/mol. The first-order valence-electron chi connectivity index (χ1n) is 10.0. The molecule has 3 rings (SSSR count). The number of amides is 1. The molecule has 0 aliphatic heterocycles. The summed E-state index contributed by atoms with van der Waals surface area (Å²) in [5.41, 5.74) is 4.85. The van der Waals surface area contributed by atoms with Crippen LogP contribution < -0.4 is 5.32 Å². The summed E-state index contributed by atoms with van der Waals surface area (Å²) >= 11 is 1.64. The third kappa shape index (κ3) is 4.53. The van der Waals surface area contributed by atoms with Crippen molar-refractivity contribution in [2.45, 2.75) is 47.1 Å². The van der Waals surface area contributed by atoms with Gasteiger partial charge in [0.2, 0.25) is 0 Å². The van der Waals surface area contributed by atoms with Gasteiger partial charge in [0.25, 0.3) is 5.91 Å². The highest BCUT2D eigenvalue weighted by Crippen LogP contribution is 2.31. The van der Waals surface area contributed by atoms with Crippen LogP contribution in [0.1, 0.15) is 49.7 Å². The molecule has 1 N–H and O–H groups in total. The molecule has 0 aliphatic rings. The van der Waals surface area contributed by atoms with Gasteiger partial charge in [-0.15, -0.1) is 11.3 Å². The maximum absolute atomic E-state index is 12.7.